The van der Waals surface area contributed by atoms with Crippen molar-refractivity contribution in [3.05, 3.63) is 29.3 Å². The first-order chi connectivity index (χ1) is 10.5. The number of nitrogens with zero attached hydrogens (tertiary/aromatic N) is 1. The van der Waals surface area contributed by atoms with Crippen LogP contribution in [0.5, 0.6) is 0 Å². The molecule has 0 bridgehead atoms. The van der Waals surface area contributed by atoms with Crippen LogP contribution in [0.2, 0.25) is 5.02 Å². The second kappa shape index (κ2) is 8.26. The number of ether oxygens (including phenoxy) is 1. The van der Waals surface area contributed by atoms with Gasteiger partial charge in [-0.3, -0.25) is 0 Å². The third-order valence-electron chi connectivity index (χ3n) is 4.01. The van der Waals surface area contributed by atoms with Crippen LogP contribution in [0.4, 0.5) is 0 Å². The number of methoxy groups -OCH3 is 1. The van der Waals surface area contributed by atoms with Crippen molar-refractivity contribution in [3.8, 4) is 0 Å². The van der Waals surface area contributed by atoms with Gasteiger partial charge >= 0.3 is 0 Å². The van der Waals surface area contributed by atoms with Crippen LogP contribution < -0.4 is 4.72 Å². The van der Waals surface area contributed by atoms with Gasteiger partial charge in [-0.25, -0.2) is 13.1 Å². The molecule has 1 N–H and O–H groups in total. The van der Waals surface area contributed by atoms with Crippen LogP contribution in [0.1, 0.15) is 12.8 Å². The Bertz CT molecular complexity index is 572. The standard InChI is InChI=1S/C15H23ClN2O3S/c1-21-11-10-18-8-6-13(7-9-18)12-17-22(19,20)15-5-3-2-4-14(15)16/h2-5,13,17H,6-12H2,1H3. The van der Waals surface area contributed by atoms with Gasteiger partial charge in [0.2, 0.25) is 10.0 Å². The molecule has 0 atom stereocenters. The second-order valence-corrected chi connectivity index (χ2v) is 7.70. The topological polar surface area (TPSA) is 58.6 Å². The monoisotopic (exact) mass is 346 g/mol. The number of likely N-dealkylation sites (tertiary alicyclic amines) is 1. The lowest BCUT2D eigenvalue weighted by Crippen LogP contribution is -2.39. The third kappa shape index (κ3) is 4.93. The Morgan fingerprint density at radius 1 is 1.32 bits per heavy atom. The van der Waals surface area contributed by atoms with Gasteiger partial charge in [0, 0.05) is 20.2 Å². The lowest BCUT2D eigenvalue weighted by Gasteiger charge is -2.31. The fraction of sp³-hybridized carbons (Fsp3) is 0.600. The van der Waals surface area contributed by atoms with Gasteiger partial charge in [0.15, 0.2) is 0 Å². The molecule has 1 fully saturated rings. The van der Waals surface area contributed by atoms with Gasteiger partial charge < -0.3 is 9.64 Å². The van der Waals surface area contributed by atoms with Gasteiger partial charge in [-0.1, -0.05) is 23.7 Å². The Balaban J connectivity index is 1.83. The summed E-state index contributed by atoms with van der Waals surface area (Å²) in [4.78, 5) is 2.50. The van der Waals surface area contributed by atoms with Gasteiger partial charge in [0.1, 0.15) is 4.90 Å². The molecule has 7 heteroatoms. The van der Waals surface area contributed by atoms with E-state index in [-0.39, 0.29) is 9.92 Å². The van der Waals surface area contributed by atoms with Crippen LogP contribution in [0.3, 0.4) is 0 Å². The molecule has 0 unspecified atom stereocenters. The van der Waals surface area contributed by atoms with Gasteiger partial charge in [0.25, 0.3) is 0 Å². The first-order valence-corrected chi connectivity index (χ1v) is 9.34. The summed E-state index contributed by atoms with van der Waals surface area (Å²) in [7, 11) is -1.83. The Morgan fingerprint density at radius 2 is 2.00 bits per heavy atom. The van der Waals surface area contributed by atoms with Crippen molar-refractivity contribution in [1.29, 1.82) is 0 Å². The van der Waals surface area contributed by atoms with Crippen LogP contribution in [0.25, 0.3) is 0 Å². The largest absolute Gasteiger partial charge is 0.383 e. The van der Waals surface area contributed by atoms with Crippen molar-refractivity contribution in [3.63, 3.8) is 0 Å². The molecule has 0 radical (unpaired) electrons. The number of rotatable bonds is 7. The molecule has 1 heterocycles. The highest BCUT2D eigenvalue weighted by Crippen LogP contribution is 2.21. The van der Waals surface area contributed by atoms with Gasteiger partial charge in [0.05, 0.1) is 11.6 Å². The molecular formula is C15H23ClN2O3S. The van der Waals surface area contributed by atoms with Crippen molar-refractivity contribution < 1.29 is 13.2 Å². The first-order valence-electron chi connectivity index (χ1n) is 7.48. The average molecular weight is 347 g/mol. The summed E-state index contributed by atoms with van der Waals surface area (Å²) < 4.78 is 32.3. The number of nitrogens with one attached hydrogen (secondary N) is 1. The van der Waals surface area contributed by atoms with Crippen molar-refractivity contribution >= 4 is 21.6 Å². The molecule has 0 amide bonds. The van der Waals surface area contributed by atoms with E-state index in [1.54, 1.807) is 25.3 Å². The van der Waals surface area contributed by atoms with E-state index in [4.69, 9.17) is 16.3 Å². The van der Waals surface area contributed by atoms with Crippen LogP contribution in [-0.2, 0) is 14.8 Å². The van der Waals surface area contributed by atoms with Crippen molar-refractivity contribution in [2.45, 2.75) is 17.7 Å². The molecular weight excluding hydrogens is 324 g/mol. The second-order valence-electron chi connectivity index (χ2n) is 5.56. The van der Waals surface area contributed by atoms with E-state index in [1.165, 1.54) is 6.07 Å². The quantitative estimate of drug-likeness (QED) is 0.820. The van der Waals surface area contributed by atoms with E-state index >= 15 is 0 Å². The van der Waals surface area contributed by atoms with Crippen molar-refractivity contribution in [1.82, 2.24) is 9.62 Å². The fourth-order valence-electron chi connectivity index (χ4n) is 2.60. The lowest BCUT2D eigenvalue weighted by molar-refractivity contribution is 0.121. The third-order valence-corrected chi connectivity index (χ3v) is 5.93. The summed E-state index contributed by atoms with van der Waals surface area (Å²) in [5.74, 6) is 0.371. The maximum Gasteiger partial charge on any atom is 0.242 e. The average Bonchev–Trinajstić information content (AvgIpc) is 2.52. The van der Waals surface area contributed by atoms with Crippen LogP contribution in [0, 0.1) is 5.92 Å². The van der Waals surface area contributed by atoms with Crippen LogP contribution in [-0.4, -0.2) is 53.2 Å². The maximum absolute atomic E-state index is 12.3. The van der Waals surface area contributed by atoms with E-state index in [9.17, 15) is 8.42 Å². The molecule has 124 valence electrons. The van der Waals surface area contributed by atoms with Crippen LogP contribution >= 0.6 is 11.6 Å². The number of benzene rings is 1. The highest BCUT2D eigenvalue weighted by molar-refractivity contribution is 7.89. The minimum absolute atomic E-state index is 0.147. The highest BCUT2D eigenvalue weighted by atomic mass is 35.5. The van der Waals surface area contributed by atoms with E-state index < -0.39 is 10.0 Å². The predicted octanol–water partition coefficient (Wildman–Crippen LogP) is 1.98. The molecule has 1 saturated heterocycles. The van der Waals surface area contributed by atoms with Crippen molar-refractivity contribution in [2.24, 2.45) is 5.92 Å². The summed E-state index contributed by atoms with van der Waals surface area (Å²) in [6.07, 6.45) is 1.99. The maximum atomic E-state index is 12.3. The summed E-state index contributed by atoms with van der Waals surface area (Å²) in [6, 6.07) is 6.51. The number of piperidine rings is 1. The highest BCUT2D eigenvalue weighted by Gasteiger charge is 2.22. The molecule has 1 aromatic rings. The number of sulfonamides is 1. The van der Waals surface area contributed by atoms with Gasteiger partial charge in [-0.2, -0.15) is 0 Å². The minimum Gasteiger partial charge on any atom is -0.383 e. The van der Waals surface area contributed by atoms with E-state index in [1.807, 2.05) is 0 Å². The van der Waals surface area contributed by atoms with Crippen molar-refractivity contribution in [2.75, 3.05) is 39.9 Å². The van der Waals surface area contributed by atoms with Gasteiger partial charge in [-0.15, -0.1) is 0 Å². The zero-order chi connectivity index (χ0) is 16.0. The fourth-order valence-corrected chi connectivity index (χ4v) is 4.24. The smallest absolute Gasteiger partial charge is 0.242 e. The Kier molecular flexibility index (Phi) is 6.65. The van der Waals surface area contributed by atoms with E-state index in [0.29, 0.717) is 12.5 Å². The summed E-state index contributed by atoms with van der Waals surface area (Å²) in [6.45, 7) is 4.12. The SMILES string of the molecule is COCCN1CCC(CNS(=O)(=O)c2ccccc2Cl)CC1. The summed E-state index contributed by atoms with van der Waals surface area (Å²) >= 11 is 5.96. The van der Waals surface area contributed by atoms with Gasteiger partial charge in [-0.05, 0) is 44.0 Å². The van der Waals surface area contributed by atoms with E-state index in [0.717, 1.165) is 39.1 Å². The van der Waals surface area contributed by atoms with Crippen LogP contribution in [0.15, 0.2) is 29.2 Å². The number of hydrogen-bond acceptors (Lipinski definition) is 4. The van der Waals surface area contributed by atoms with E-state index in [2.05, 4.69) is 9.62 Å². The Morgan fingerprint density at radius 3 is 2.64 bits per heavy atom. The predicted molar refractivity (Wildman–Crippen MR) is 87.7 cm³/mol. The first kappa shape index (κ1) is 17.7. The zero-order valence-corrected chi connectivity index (χ0v) is 14.4. The minimum atomic E-state index is -3.53. The number of halogens is 1. The molecule has 0 aliphatic carbocycles. The summed E-state index contributed by atoms with van der Waals surface area (Å²) in [5.41, 5.74) is 0. The molecule has 1 aromatic carbocycles. The molecule has 2 rings (SSSR count). The Labute approximate surface area is 137 Å². The molecule has 0 aromatic heterocycles. The number of hydrogen-bond donors (Lipinski definition) is 1. The molecule has 1 aliphatic heterocycles. The normalized spacial score (nSPS) is 17.7. The molecule has 5 nitrogen and oxygen atoms in total. The zero-order valence-electron chi connectivity index (χ0n) is 12.8. The summed E-state index contributed by atoms with van der Waals surface area (Å²) in [5, 5.41) is 0.254. The Hall–Kier alpha value is -0.660. The molecule has 1 aliphatic rings. The molecule has 0 spiro atoms. The molecule has 22 heavy (non-hydrogen) atoms. The molecule has 0 saturated carbocycles. The lowest BCUT2D eigenvalue weighted by atomic mass is 9.97.